The van der Waals surface area contributed by atoms with Crippen LogP contribution in [-0.2, 0) is 19.6 Å². The van der Waals surface area contributed by atoms with Crippen molar-refractivity contribution >= 4 is 39.8 Å². The van der Waals surface area contributed by atoms with Crippen LogP contribution in [0.1, 0.15) is 27.8 Å². The first-order valence-electron chi connectivity index (χ1n) is 13.0. The third-order valence-electron chi connectivity index (χ3n) is 6.94. The van der Waals surface area contributed by atoms with Gasteiger partial charge in [0, 0.05) is 71.0 Å². The van der Waals surface area contributed by atoms with Gasteiger partial charge in [-0.15, -0.1) is 0 Å². The van der Waals surface area contributed by atoms with Crippen molar-refractivity contribution in [3.63, 3.8) is 0 Å². The fraction of sp³-hybridized carbons (Fsp3) is 0.0938. The Bertz CT molecular complexity index is 1810. The Labute approximate surface area is 241 Å². The van der Waals surface area contributed by atoms with Crippen molar-refractivity contribution in [2.24, 2.45) is 0 Å². The van der Waals surface area contributed by atoms with Crippen LogP contribution in [-0.4, -0.2) is 25.0 Å². The van der Waals surface area contributed by atoms with Gasteiger partial charge in [0.1, 0.15) is 5.82 Å². The minimum absolute atomic E-state index is 0.272. The summed E-state index contributed by atoms with van der Waals surface area (Å²) < 4.78 is 15.5. The van der Waals surface area contributed by atoms with Gasteiger partial charge in [0.05, 0.1) is 29.6 Å². The van der Waals surface area contributed by atoms with Gasteiger partial charge >= 0.3 is 0 Å². The predicted octanol–water partition coefficient (Wildman–Crippen LogP) is 7.20. The molecule has 3 aromatic heterocycles. The van der Waals surface area contributed by atoms with Crippen LogP contribution in [0.25, 0.3) is 22.6 Å². The molecule has 3 aromatic carbocycles. The molecule has 0 saturated heterocycles. The second-order valence-electron chi connectivity index (χ2n) is 9.79. The second kappa shape index (κ2) is 11.5. The highest BCUT2D eigenvalue weighted by Crippen LogP contribution is 2.30. The minimum Gasteiger partial charge on any atom is -0.363 e. The average molecular weight is 562 g/mol. The number of rotatable bonds is 9. The lowest BCUT2D eigenvalue weighted by molar-refractivity contribution is 0.626. The maximum atomic E-state index is 13.5. The van der Waals surface area contributed by atoms with Crippen molar-refractivity contribution in [3.05, 3.63) is 136 Å². The molecule has 0 unspecified atom stereocenters. The monoisotopic (exact) mass is 561 g/mol. The molecule has 0 fully saturated rings. The Balaban J connectivity index is 1.36. The predicted molar refractivity (Wildman–Crippen MR) is 159 cm³/mol. The Kier molecular flexibility index (Phi) is 7.35. The van der Waals surface area contributed by atoms with E-state index in [1.807, 2.05) is 67.1 Å². The number of anilines is 1. The molecule has 41 heavy (non-hydrogen) atoms. The van der Waals surface area contributed by atoms with Gasteiger partial charge in [-0.1, -0.05) is 41.9 Å². The lowest BCUT2D eigenvalue weighted by Gasteiger charge is -2.24. The summed E-state index contributed by atoms with van der Waals surface area (Å²) in [5, 5.41) is 25.8. The van der Waals surface area contributed by atoms with E-state index in [1.54, 1.807) is 24.5 Å². The number of fused-ring (bicyclic) bond motifs is 1. The van der Waals surface area contributed by atoms with E-state index in [4.69, 9.17) is 11.6 Å². The van der Waals surface area contributed by atoms with Crippen LogP contribution in [0, 0.1) is 17.1 Å². The Morgan fingerprint density at radius 1 is 0.951 bits per heavy atom. The van der Waals surface area contributed by atoms with Gasteiger partial charge in [0.2, 0.25) is 0 Å². The van der Waals surface area contributed by atoms with Crippen LogP contribution in [0.2, 0.25) is 5.02 Å². The van der Waals surface area contributed by atoms with Gasteiger partial charge in [-0.3, -0.25) is 10.2 Å². The summed E-state index contributed by atoms with van der Waals surface area (Å²) in [5.41, 5.74) is 7.20. The molecule has 0 aliphatic carbocycles. The van der Waals surface area contributed by atoms with Gasteiger partial charge in [-0.2, -0.15) is 15.5 Å². The van der Waals surface area contributed by atoms with Gasteiger partial charge < -0.3 is 9.47 Å². The van der Waals surface area contributed by atoms with E-state index in [0.717, 1.165) is 44.4 Å². The summed E-state index contributed by atoms with van der Waals surface area (Å²) in [6.07, 6.45) is 11.3. The lowest BCUT2D eigenvalue weighted by Crippen LogP contribution is -2.21. The van der Waals surface area contributed by atoms with Gasteiger partial charge in [0.15, 0.2) is 0 Å². The first-order chi connectivity index (χ1) is 20.1. The zero-order chi connectivity index (χ0) is 28.2. The Morgan fingerprint density at radius 3 is 2.34 bits per heavy atom. The van der Waals surface area contributed by atoms with E-state index in [0.29, 0.717) is 30.2 Å². The quantitative estimate of drug-likeness (QED) is 0.183. The molecule has 0 saturated carbocycles. The fourth-order valence-electron chi connectivity index (χ4n) is 4.94. The van der Waals surface area contributed by atoms with Crippen LogP contribution >= 0.6 is 11.6 Å². The molecule has 7 nitrogen and oxygen atoms in total. The molecule has 0 spiro atoms. The number of nitrogens with one attached hydrogen (secondary N) is 2. The molecule has 0 radical (unpaired) electrons. The minimum atomic E-state index is -0.272. The van der Waals surface area contributed by atoms with Crippen LogP contribution in [0.3, 0.4) is 0 Å². The average Bonchev–Trinajstić information content (AvgIpc) is 3.76. The molecule has 0 atom stereocenters. The van der Waals surface area contributed by atoms with E-state index in [-0.39, 0.29) is 5.82 Å². The molecule has 0 aliphatic heterocycles. The molecule has 6 rings (SSSR count). The maximum absolute atomic E-state index is 13.5. The summed E-state index contributed by atoms with van der Waals surface area (Å²) in [6.45, 7) is 1.81. The number of hydrogen-bond donors (Lipinski definition) is 2. The third kappa shape index (κ3) is 5.91. The van der Waals surface area contributed by atoms with Crippen molar-refractivity contribution in [1.82, 2.24) is 25.0 Å². The zero-order valence-electron chi connectivity index (χ0n) is 21.9. The summed E-state index contributed by atoms with van der Waals surface area (Å²) in [4.78, 5) is 2.21. The molecule has 202 valence electrons. The molecular formula is C32H25ClFN7. The number of aromatic nitrogens is 5. The molecule has 2 N–H and O–H groups in total. The number of H-pyrrole nitrogens is 2. The van der Waals surface area contributed by atoms with Crippen molar-refractivity contribution in [3.8, 4) is 6.07 Å². The van der Waals surface area contributed by atoms with E-state index in [1.165, 1.54) is 12.1 Å². The largest absolute Gasteiger partial charge is 0.363 e. The number of hydrogen-bond acceptors (Lipinski definition) is 4. The van der Waals surface area contributed by atoms with Crippen molar-refractivity contribution < 1.29 is 4.39 Å². The van der Waals surface area contributed by atoms with Crippen LogP contribution < -0.4 is 4.90 Å². The molecule has 0 aliphatic rings. The number of halogens is 2. The fourth-order valence-corrected chi connectivity index (χ4v) is 5.11. The highest BCUT2D eigenvalue weighted by molar-refractivity contribution is 6.31. The van der Waals surface area contributed by atoms with Crippen molar-refractivity contribution in [1.29, 1.82) is 5.26 Å². The van der Waals surface area contributed by atoms with Crippen molar-refractivity contribution in [2.75, 3.05) is 4.90 Å². The van der Waals surface area contributed by atoms with Gasteiger partial charge in [0.25, 0.3) is 0 Å². The van der Waals surface area contributed by atoms with Crippen molar-refractivity contribution in [2.45, 2.75) is 19.6 Å². The lowest BCUT2D eigenvalue weighted by atomic mass is 10.0. The van der Waals surface area contributed by atoms with E-state index in [2.05, 4.69) is 35.9 Å². The molecule has 0 bridgehead atoms. The number of nitrogens with zero attached hydrogens (tertiary/aromatic N) is 5. The summed E-state index contributed by atoms with van der Waals surface area (Å²) in [7, 11) is 0. The SMILES string of the molecule is N#C/C(=C\c1cn(Cc2ccc(F)cc2)c2cc(Cl)ccc12)c1cccc(N(Cc2cn[nH]c2)Cc2cn[nH]c2)c1. The van der Waals surface area contributed by atoms with Crippen LogP contribution in [0.5, 0.6) is 0 Å². The highest BCUT2D eigenvalue weighted by Gasteiger charge is 2.14. The standard InChI is InChI=1S/C32H25ClFN7/c33-28-6-9-31-27(21-41(32(31)12-28)18-22-4-7-29(34)8-5-22)10-26(13-35)25-2-1-3-30(11-25)40(19-23-14-36-37-15-23)20-24-16-38-39-17-24/h1-12,14-17,21H,18-20H2,(H,36,37)(H,38,39)/b26-10+. The molecule has 9 heteroatoms. The molecule has 6 aromatic rings. The summed E-state index contributed by atoms with van der Waals surface area (Å²) in [5.74, 6) is -0.272. The topological polar surface area (TPSA) is 89.3 Å². The van der Waals surface area contributed by atoms with Crippen LogP contribution in [0.4, 0.5) is 10.1 Å². The van der Waals surface area contributed by atoms with Gasteiger partial charge in [-0.25, -0.2) is 4.39 Å². The number of benzene rings is 3. The number of aromatic amines is 2. The van der Waals surface area contributed by atoms with Crippen LogP contribution in [0.15, 0.2) is 97.7 Å². The Hall–Kier alpha value is -5.13. The number of allylic oxidation sites excluding steroid dienone is 1. The smallest absolute Gasteiger partial charge is 0.123 e. The highest BCUT2D eigenvalue weighted by atomic mass is 35.5. The first kappa shape index (κ1) is 26.1. The Morgan fingerprint density at radius 2 is 1.68 bits per heavy atom. The second-order valence-corrected chi connectivity index (χ2v) is 10.2. The molecule has 0 amide bonds. The van der Waals surface area contributed by atoms with E-state index in [9.17, 15) is 9.65 Å². The maximum Gasteiger partial charge on any atom is 0.123 e. The summed E-state index contributed by atoms with van der Waals surface area (Å²) >= 11 is 6.35. The molecule has 3 heterocycles. The number of nitriles is 1. The third-order valence-corrected chi connectivity index (χ3v) is 7.18. The molecular weight excluding hydrogens is 537 g/mol. The van der Waals surface area contributed by atoms with Gasteiger partial charge in [-0.05, 0) is 53.6 Å². The van der Waals surface area contributed by atoms with E-state index < -0.39 is 0 Å². The zero-order valence-corrected chi connectivity index (χ0v) is 22.7. The normalized spacial score (nSPS) is 11.6. The first-order valence-corrected chi connectivity index (χ1v) is 13.4. The summed E-state index contributed by atoms with van der Waals surface area (Å²) in [6, 6.07) is 22.6. The van der Waals surface area contributed by atoms with E-state index >= 15 is 0 Å².